The summed E-state index contributed by atoms with van der Waals surface area (Å²) in [6.07, 6.45) is 2.17. The molecule has 1 aliphatic heterocycles. The van der Waals surface area contributed by atoms with E-state index < -0.39 is 6.61 Å². The van der Waals surface area contributed by atoms with E-state index in [-0.39, 0.29) is 23.7 Å². The predicted molar refractivity (Wildman–Crippen MR) is 99.6 cm³/mol. The molecule has 2 unspecified atom stereocenters. The number of benzene rings is 2. The lowest BCUT2D eigenvalue weighted by Gasteiger charge is -2.28. The third-order valence-corrected chi connectivity index (χ3v) is 4.81. The van der Waals surface area contributed by atoms with Crippen molar-refractivity contribution in [3.8, 4) is 5.75 Å². The molecule has 0 bridgehead atoms. The Balaban J connectivity index is 1.75. The van der Waals surface area contributed by atoms with Gasteiger partial charge in [-0.25, -0.2) is 0 Å². The highest BCUT2D eigenvalue weighted by Crippen LogP contribution is 2.27. The number of nitrogens with zero attached hydrogens (tertiary/aromatic N) is 1. The summed E-state index contributed by atoms with van der Waals surface area (Å²) in [5, 5.41) is 3.03. The summed E-state index contributed by atoms with van der Waals surface area (Å²) in [6.45, 7) is 0.742. The molecule has 4 nitrogen and oxygen atoms in total. The Labute approximate surface area is 158 Å². The summed E-state index contributed by atoms with van der Waals surface area (Å²) >= 11 is 0. The van der Waals surface area contributed by atoms with Gasteiger partial charge in [-0.2, -0.15) is 8.78 Å². The Bertz CT molecular complexity index is 749. The van der Waals surface area contributed by atoms with Crippen LogP contribution in [-0.2, 0) is 4.79 Å². The second-order valence-corrected chi connectivity index (χ2v) is 6.74. The molecule has 0 spiro atoms. The molecule has 1 aliphatic rings. The zero-order valence-corrected chi connectivity index (χ0v) is 15.3. The molecule has 1 N–H and O–H groups in total. The Kier molecular flexibility index (Phi) is 6.40. The summed E-state index contributed by atoms with van der Waals surface area (Å²) < 4.78 is 29.3. The van der Waals surface area contributed by atoms with Crippen molar-refractivity contribution >= 4 is 5.91 Å². The Hall–Kier alpha value is -2.47. The van der Waals surface area contributed by atoms with Crippen molar-refractivity contribution in [1.82, 2.24) is 10.2 Å². The molecule has 0 saturated carbocycles. The van der Waals surface area contributed by atoms with Crippen LogP contribution in [0.5, 0.6) is 5.75 Å². The number of amides is 1. The van der Waals surface area contributed by atoms with Gasteiger partial charge in [-0.1, -0.05) is 42.5 Å². The first kappa shape index (κ1) is 19.3. The van der Waals surface area contributed by atoms with Crippen molar-refractivity contribution in [1.29, 1.82) is 0 Å². The lowest BCUT2D eigenvalue weighted by Crippen LogP contribution is -2.40. The van der Waals surface area contributed by atoms with Crippen LogP contribution in [-0.4, -0.2) is 30.5 Å². The van der Waals surface area contributed by atoms with Crippen LogP contribution in [0.2, 0.25) is 0 Å². The van der Waals surface area contributed by atoms with E-state index in [1.807, 2.05) is 37.3 Å². The van der Waals surface area contributed by atoms with Gasteiger partial charge < -0.3 is 10.1 Å². The van der Waals surface area contributed by atoms with Crippen LogP contribution in [0.25, 0.3) is 0 Å². The number of hydrogen-bond donors (Lipinski definition) is 1. The van der Waals surface area contributed by atoms with Gasteiger partial charge in [0.2, 0.25) is 5.91 Å². The van der Waals surface area contributed by atoms with E-state index in [1.54, 1.807) is 12.1 Å². The lowest BCUT2D eigenvalue weighted by atomic mass is 10.0. The van der Waals surface area contributed by atoms with Crippen molar-refractivity contribution in [2.75, 3.05) is 13.1 Å². The second kappa shape index (κ2) is 8.95. The first-order chi connectivity index (χ1) is 13.0. The monoisotopic (exact) mass is 374 g/mol. The maximum atomic E-state index is 13.1. The maximum Gasteiger partial charge on any atom is 0.387 e. The number of hydrogen-bond acceptors (Lipinski definition) is 3. The summed E-state index contributed by atoms with van der Waals surface area (Å²) in [4.78, 5) is 15.3. The number of rotatable bonds is 7. The molecule has 144 valence electrons. The molecule has 0 aliphatic carbocycles. The molecule has 0 radical (unpaired) electrons. The molecule has 1 amide bonds. The smallest absolute Gasteiger partial charge is 0.387 e. The Morgan fingerprint density at radius 3 is 2.37 bits per heavy atom. The first-order valence-electron chi connectivity index (χ1n) is 9.19. The lowest BCUT2D eigenvalue weighted by molar-refractivity contribution is -0.127. The fourth-order valence-electron chi connectivity index (χ4n) is 3.50. The highest BCUT2D eigenvalue weighted by molar-refractivity contribution is 5.83. The number of carbonyl (C=O) groups excluding carboxylic acids is 1. The van der Waals surface area contributed by atoms with E-state index >= 15 is 0 Å². The molecule has 2 aromatic carbocycles. The molecule has 0 aromatic heterocycles. The fourth-order valence-corrected chi connectivity index (χ4v) is 3.50. The molecule has 3 rings (SSSR count). The zero-order chi connectivity index (χ0) is 19.2. The molecule has 2 atom stereocenters. The minimum Gasteiger partial charge on any atom is -0.435 e. The van der Waals surface area contributed by atoms with E-state index in [0.29, 0.717) is 0 Å². The van der Waals surface area contributed by atoms with Crippen molar-refractivity contribution in [2.24, 2.45) is 0 Å². The van der Waals surface area contributed by atoms with Gasteiger partial charge in [0.25, 0.3) is 0 Å². The van der Waals surface area contributed by atoms with E-state index in [4.69, 9.17) is 0 Å². The SMILES string of the molecule is CC(NC(=O)C(c1ccccc1)N1CCCC1)c1cccc(OC(F)F)c1. The van der Waals surface area contributed by atoms with E-state index in [2.05, 4.69) is 15.0 Å². The van der Waals surface area contributed by atoms with Crippen LogP contribution < -0.4 is 10.1 Å². The predicted octanol–water partition coefficient (Wildman–Crippen LogP) is 4.30. The quantitative estimate of drug-likeness (QED) is 0.786. The zero-order valence-electron chi connectivity index (χ0n) is 15.3. The topological polar surface area (TPSA) is 41.6 Å². The summed E-state index contributed by atoms with van der Waals surface area (Å²) in [7, 11) is 0. The summed E-state index contributed by atoms with van der Waals surface area (Å²) in [5.41, 5.74) is 1.67. The van der Waals surface area contributed by atoms with Gasteiger partial charge in [0.15, 0.2) is 0 Å². The van der Waals surface area contributed by atoms with Crippen molar-refractivity contribution in [2.45, 2.75) is 38.5 Å². The van der Waals surface area contributed by atoms with Crippen LogP contribution >= 0.6 is 0 Å². The normalized spacial score (nSPS) is 16.9. The molecular weight excluding hydrogens is 350 g/mol. The average Bonchev–Trinajstić information content (AvgIpc) is 3.16. The van der Waals surface area contributed by atoms with Gasteiger partial charge in [0.05, 0.1) is 6.04 Å². The van der Waals surface area contributed by atoms with Crippen LogP contribution in [0.3, 0.4) is 0 Å². The van der Waals surface area contributed by atoms with Crippen molar-refractivity contribution < 1.29 is 18.3 Å². The van der Waals surface area contributed by atoms with Crippen molar-refractivity contribution in [3.05, 3.63) is 65.7 Å². The highest BCUT2D eigenvalue weighted by atomic mass is 19.3. The number of carbonyl (C=O) groups is 1. The van der Waals surface area contributed by atoms with Crippen LogP contribution in [0, 0.1) is 0 Å². The molecule has 27 heavy (non-hydrogen) atoms. The molecule has 1 fully saturated rings. The Morgan fingerprint density at radius 2 is 1.70 bits per heavy atom. The van der Waals surface area contributed by atoms with E-state index in [9.17, 15) is 13.6 Å². The van der Waals surface area contributed by atoms with Crippen LogP contribution in [0.1, 0.15) is 43.0 Å². The standard InChI is InChI=1S/C21H24F2N2O2/c1-15(17-10-7-11-18(14-17)27-21(22)23)24-20(26)19(25-12-5-6-13-25)16-8-3-2-4-9-16/h2-4,7-11,14-15,19,21H,5-6,12-13H2,1H3,(H,24,26). The molecule has 2 aromatic rings. The van der Waals surface area contributed by atoms with E-state index in [0.717, 1.165) is 37.1 Å². The number of likely N-dealkylation sites (tertiary alicyclic amines) is 1. The maximum absolute atomic E-state index is 13.1. The number of ether oxygens (including phenoxy) is 1. The summed E-state index contributed by atoms with van der Waals surface area (Å²) in [5.74, 6) is -0.00136. The number of nitrogens with one attached hydrogen (secondary N) is 1. The minimum atomic E-state index is -2.87. The van der Waals surface area contributed by atoms with Crippen molar-refractivity contribution in [3.63, 3.8) is 0 Å². The average molecular weight is 374 g/mol. The second-order valence-electron chi connectivity index (χ2n) is 6.74. The van der Waals surface area contributed by atoms with Gasteiger partial charge >= 0.3 is 6.61 Å². The van der Waals surface area contributed by atoms with Gasteiger partial charge in [-0.05, 0) is 56.1 Å². The molecule has 1 heterocycles. The third-order valence-electron chi connectivity index (χ3n) is 4.81. The highest BCUT2D eigenvalue weighted by Gasteiger charge is 2.30. The third kappa shape index (κ3) is 5.04. The molecule has 1 saturated heterocycles. The number of halogens is 2. The summed E-state index contributed by atoms with van der Waals surface area (Å²) in [6, 6.07) is 15.5. The van der Waals surface area contributed by atoms with E-state index in [1.165, 1.54) is 12.1 Å². The number of alkyl halides is 2. The van der Waals surface area contributed by atoms with Crippen LogP contribution in [0.4, 0.5) is 8.78 Å². The minimum absolute atomic E-state index is 0.0859. The molecular formula is C21H24F2N2O2. The largest absolute Gasteiger partial charge is 0.435 e. The fraction of sp³-hybridized carbons (Fsp3) is 0.381. The van der Waals surface area contributed by atoms with Crippen LogP contribution in [0.15, 0.2) is 54.6 Å². The van der Waals surface area contributed by atoms with Gasteiger partial charge in [0, 0.05) is 0 Å². The van der Waals surface area contributed by atoms with Gasteiger partial charge in [-0.15, -0.1) is 0 Å². The van der Waals surface area contributed by atoms with Gasteiger partial charge in [-0.3, -0.25) is 9.69 Å². The van der Waals surface area contributed by atoms with Gasteiger partial charge in [0.1, 0.15) is 11.8 Å². The Morgan fingerprint density at radius 1 is 1.04 bits per heavy atom. The molecule has 6 heteroatoms. The first-order valence-corrected chi connectivity index (χ1v) is 9.19.